The summed E-state index contributed by atoms with van der Waals surface area (Å²) in [6.45, 7) is 0.701. The molecule has 0 radical (unpaired) electrons. The van der Waals surface area contributed by atoms with Gasteiger partial charge in [0.2, 0.25) is 10.0 Å². The number of nitrogens with zero attached hydrogens (tertiary/aromatic N) is 1. The molecule has 0 spiro atoms. The van der Waals surface area contributed by atoms with Crippen LogP contribution in [-0.2, 0) is 23.1 Å². The largest absolute Gasteiger partial charge is 0.326 e. The maximum absolute atomic E-state index is 12.6. The van der Waals surface area contributed by atoms with Crippen LogP contribution >= 0.6 is 15.9 Å². The summed E-state index contributed by atoms with van der Waals surface area (Å²) in [6.07, 6.45) is 0. The van der Waals surface area contributed by atoms with Gasteiger partial charge in [-0.3, -0.25) is 0 Å². The number of sulfonamides is 1. The average Bonchev–Trinajstić information content (AvgIpc) is 2.47. The summed E-state index contributed by atoms with van der Waals surface area (Å²) in [5.74, 6) is 0. The van der Waals surface area contributed by atoms with Gasteiger partial charge in [0.15, 0.2) is 0 Å². The third kappa shape index (κ3) is 3.71. The van der Waals surface area contributed by atoms with Gasteiger partial charge in [-0.25, -0.2) is 8.42 Å². The molecule has 4 nitrogen and oxygen atoms in total. The van der Waals surface area contributed by atoms with Crippen molar-refractivity contribution in [2.45, 2.75) is 18.0 Å². The van der Waals surface area contributed by atoms with E-state index in [1.807, 2.05) is 30.3 Å². The van der Waals surface area contributed by atoms with Crippen molar-refractivity contribution in [3.8, 4) is 0 Å². The molecular weight excluding hydrogens is 352 g/mol. The highest BCUT2D eigenvalue weighted by molar-refractivity contribution is 9.10. The summed E-state index contributed by atoms with van der Waals surface area (Å²) < 4.78 is 27.1. The van der Waals surface area contributed by atoms with E-state index in [2.05, 4.69) is 15.9 Å². The van der Waals surface area contributed by atoms with Gasteiger partial charge in [0, 0.05) is 24.6 Å². The molecule has 0 aliphatic heterocycles. The molecule has 2 rings (SSSR count). The van der Waals surface area contributed by atoms with Crippen molar-refractivity contribution in [2.75, 3.05) is 7.05 Å². The second-order valence-electron chi connectivity index (χ2n) is 4.72. The van der Waals surface area contributed by atoms with Crippen molar-refractivity contribution < 1.29 is 8.42 Å². The van der Waals surface area contributed by atoms with Crippen molar-refractivity contribution in [3.05, 3.63) is 64.1 Å². The molecule has 2 aromatic carbocycles. The van der Waals surface area contributed by atoms with Crippen LogP contribution in [0.4, 0.5) is 0 Å². The van der Waals surface area contributed by atoms with E-state index in [1.165, 1.54) is 4.31 Å². The lowest BCUT2D eigenvalue weighted by Gasteiger charge is -2.18. The summed E-state index contributed by atoms with van der Waals surface area (Å²) in [5.41, 5.74) is 7.38. The Morgan fingerprint density at radius 1 is 1.10 bits per heavy atom. The van der Waals surface area contributed by atoms with Crippen LogP contribution in [0.3, 0.4) is 0 Å². The van der Waals surface area contributed by atoms with Crippen molar-refractivity contribution >= 4 is 26.0 Å². The number of hydrogen-bond donors (Lipinski definition) is 1. The van der Waals surface area contributed by atoms with E-state index in [1.54, 1.807) is 25.2 Å². The third-order valence-corrected chi connectivity index (χ3v) is 5.95. The number of benzene rings is 2. The van der Waals surface area contributed by atoms with Gasteiger partial charge in [-0.1, -0.05) is 36.4 Å². The maximum Gasteiger partial charge on any atom is 0.244 e. The molecule has 112 valence electrons. The highest BCUT2D eigenvalue weighted by Gasteiger charge is 2.23. The fourth-order valence-electron chi connectivity index (χ4n) is 1.97. The van der Waals surface area contributed by atoms with E-state index in [-0.39, 0.29) is 4.90 Å². The zero-order valence-electron chi connectivity index (χ0n) is 11.7. The van der Waals surface area contributed by atoms with Gasteiger partial charge < -0.3 is 5.73 Å². The summed E-state index contributed by atoms with van der Waals surface area (Å²) in [5, 5.41) is 0. The normalized spacial score (nSPS) is 11.8. The van der Waals surface area contributed by atoms with Crippen molar-refractivity contribution in [1.29, 1.82) is 0 Å². The van der Waals surface area contributed by atoms with Crippen molar-refractivity contribution in [2.24, 2.45) is 5.73 Å². The summed E-state index contributed by atoms with van der Waals surface area (Å²) in [7, 11) is -1.97. The monoisotopic (exact) mass is 368 g/mol. The van der Waals surface area contributed by atoms with Crippen LogP contribution in [0, 0.1) is 0 Å². The van der Waals surface area contributed by atoms with E-state index in [9.17, 15) is 8.42 Å². The van der Waals surface area contributed by atoms with Gasteiger partial charge in [-0.2, -0.15) is 4.31 Å². The molecule has 0 aromatic heterocycles. The Balaban J connectivity index is 2.29. The van der Waals surface area contributed by atoms with Gasteiger partial charge in [0.05, 0.1) is 4.90 Å². The van der Waals surface area contributed by atoms with E-state index in [4.69, 9.17) is 5.73 Å². The zero-order valence-corrected chi connectivity index (χ0v) is 14.1. The van der Waals surface area contributed by atoms with Gasteiger partial charge in [-0.15, -0.1) is 0 Å². The second-order valence-corrected chi connectivity index (χ2v) is 7.58. The van der Waals surface area contributed by atoms with E-state index < -0.39 is 10.0 Å². The summed E-state index contributed by atoms with van der Waals surface area (Å²) >= 11 is 3.32. The maximum atomic E-state index is 12.6. The number of nitrogens with two attached hydrogens (primary N) is 1. The molecule has 2 aromatic rings. The third-order valence-electron chi connectivity index (χ3n) is 3.17. The van der Waals surface area contributed by atoms with Crippen LogP contribution in [0.15, 0.2) is 57.9 Å². The van der Waals surface area contributed by atoms with Gasteiger partial charge in [0.25, 0.3) is 0 Å². The molecule has 2 N–H and O–H groups in total. The second kappa shape index (κ2) is 6.70. The van der Waals surface area contributed by atoms with Gasteiger partial charge in [0.1, 0.15) is 0 Å². The Labute approximate surface area is 133 Å². The first kappa shape index (κ1) is 16.2. The molecule has 0 atom stereocenters. The van der Waals surface area contributed by atoms with Gasteiger partial charge in [-0.05, 0) is 39.2 Å². The lowest BCUT2D eigenvalue weighted by Crippen LogP contribution is -2.26. The molecule has 0 aliphatic carbocycles. The van der Waals surface area contributed by atoms with Crippen LogP contribution in [0.2, 0.25) is 0 Å². The summed E-state index contributed by atoms with van der Waals surface area (Å²) in [6, 6.07) is 14.5. The van der Waals surface area contributed by atoms with E-state index in [0.29, 0.717) is 17.6 Å². The quantitative estimate of drug-likeness (QED) is 0.882. The molecule has 0 amide bonds. The van der Waals surface area contributed by atoms with Crippen LogP contribution in [0.25, 0.3) is 0 Å². The molecule has 0 heterocycles. The molecule has 21 heavy (non-hydrogen) atoms. The first-order chi connectivity index (χ1) is 9.95. The topological polar surface area (TPSA) is 63.4 Å². The number of rotatable bonds is 5. The predicted octanol–water partition coefficient (Wildman–Crippen LogP) is 2.73. The lowest BCUT2D eigenvalue weighted by atomic mass is 10.2. The first-order valence-corrected chi connectivity index (χ1v) is 8.67. The standard InChI is InChI=1S/C15H17BrN2O2S/c1-18(11-12-5-3-2-4-6-12)21(19,20)15-8-7-13(10-17)9-14(15)16/h2-9H,10-11,17H2,1H3. The van der Waals surface area contributed by atoms with Crippen LogP contribution in [0.1, 0.15) is 11.1 Å². The van der Waals surface area contributed by atoms with Crippen molar-refractivity contribution in [3.63, 3.8) is 0 Å². The Kier molecular flexibility index (Phi) is 5.16. The Morgan fingerprint density at radius 2 is 1.76 bits per heavy atom. The minimum Gasteiger partial charge on any atom is -0.326 e. The Bertz CT molecular complexity index is 718. The molecule has 0 aliphatic rings. The van der Waals surface area contributed by atoms with E-state index in [0.717, 1.165) is 11.1 Å². The number of hydrogen-bond acceptors (Lipinski definition) is 3. The molecule has 0 unspecified atom stereocenters. The fraction of sp³-hybridized carbons (Fsp3) is 0.200. The summed E-state index contributed by atoms with van der Waals surface area (Å²) in [4.78, 5) is 0.248. The van der Waals surface area contributed by atoms with E-state index >= 15 is 0 Å². The minimum absolute atomic E-state index is 0.248. The Morgan fingerprint density at radius 3 is 2.33 bits per heavy atom. The van der Waals surface area contributed by atoms with Gasteiger partial charge >= 0.3 is 0 Å². The highest BCUT2D eigenvalue weighted by atomic mass is 79.9. The minimum atomic E-state index is -3.55. The molecule has 0 bridgehead atoms. The molecule has 6 heteroatoms. The first-order valence-electron chi connectivity index (χ1n) is 6.44. The molecular formula is C15H17BrN2O2S. The fourth-order valence-corrected chi connectivity index (χ4v) is 4.21. The SMILES string of the molecule is CN(Cc1ccccc1)S(=O)(=O)c1ccc(CN)cc1Br. The van der Waals surface area contributed by atoms with Crippen LogP contribution < -0.4 is 5.73 Å². The number of halogens is 1. The van der Waals surface area contributed by atoms with Crippen LogP contribution in [-0.4, -0.2) is 19.8 Å². The molecule has 0 saturated carbocycles. The Hall–Kier alpha value is -1.21. The lowest BCUT2D eigenvalue weighted by molar-refractivity contribution is 0.466. The van der Waals surface area contributed by atoms with Crippen LogP contribution in [0.5, 0.6) is 0 Å². The zero-order chi connectivity index (χ0) is 15.5. The smallest absolute Gasteiger partial charge is 0.244 e. The average molecular weight is 369 g/mol. The van der Waals surface area contributed by atoms with Crippen molar-refractivity contribution in [1.82, 2.24) is 4.31 Å². The highest BCUT2D eigenvalue weighted by Crippen LogP contribution is 2.26. The predicted molar refractivity (Wildman–Crippen MR) is 87.1 cm³/mol. The molecule has 0 fully saturated rings. The molecule has 0 saturated heterocycles.